The summed E-state index contributed by atoms with van der Waals surface area (Å²) in [5, 5.41) is 12.2. The average molecular weight is 113 g/mol. The Morgan fingerprint density at radius 3 is 2.50 bits per heavy atom. The molecule has 0 fully saturated rings. The molecule has 1 aromatic rings. The maximum Gasteiger partial charge on any atom is 0.161 e. The third-order valence-corrected chi connectivity index (χ3v) is 0.748. The van der Waals surface area contributed by atoms with E-state index in [2.05, 4.69) is 15.5 Å². The second-order valence-corrected chi connectivity index (χ2v) is 1.58. The normalized spacial score (nSPS) is 9.25. The first kappa shape index (κ1) is 5.02. The van der Waals surface area contributed by atoms with Crippen molar-refractivity contribution in [3.8, 4) is 0 Å². The van der Waals surface area contributed by atoms with Gasteiger partial charge in [-0.05, 0) is 10.4 Å². The molecule has 0 unspecified atom stereocenters. The van der Waals surface area contributed by atoms with E-state index < -0.39 is 0 Å². The molecule has 0 amide bonds. The van der Waals surface area contributed by atoms with Crippen LogP contribution in [0.1, 0.15) is 0 Å². The van der Waals surface area contributed by atoms with E-state index >= 15 is 0 Å². The zero-order chi connectivity index (χ0) is 5.98. The summed E-state index contributed by atoms with van der Waals surface area (Å²) in [6.07, 6.45) is 1.53. The predicted octanol–water partition coefficient (Wildman–Crippen LogP) is -1.13. The van der Waals surface area contributed by atoms with Gasteiger partial charge in [0, 0.05) is 14.1 Å². The first-order valence-corrected chi connectivity index (χ1v) is 2.21. The van der Waals surface area contributed by atoms with Crippen LogP contribution < -0.4 is 5.01 Å². The Morgan fingerprint density at radius 2 is 2.25 bits per heavy atom. The van der Waals surface area contributed by atoms with Crippen LogP contribution in [0.25, 0.3) is 0 Å². The largest absolute Gasteiger partial charge is 0.300 e. The average Bonchev–Trinajstić information content (AvgIpc) is 2.12. The van der Waals surface area contributed by atoms with Gasteiger partial charge in [-0.2, -0.15) is 0 Å². The van der Waals surface area contributed by atoms with Gasteiger partial charge >= 0.3 is 0 Å². The molecular formula is C3H7N5. The fourth-order valence-electron chi connectivity index (χ4n) is 0.340. The molecule has 0 saturated carbocycles. The van der Waals surface area contributed by atoms with E-state index in [4.69, 9.17) is 0 Å². The summed E-state index contributed by atoms with van der Waals surface area (Å²) >= 11 is 0. The summed E-state index contributed by atoms with van der Waals surface area (Å²) in [5.74, 6) is 0. The number of tetrazole rings is 1. The molecule has 1 aromatic heterocycles. The summed E-state index contributed by atoms with van der Waals surface area (Å²) < 4.78 is 0. The molecule has 0 N–H and O–H groups in total. The van der Waals surface area contributed by atoms with Crippen molar-refractivity contribution in [3.05, 3.63) is 6.33 Å². The monoisotopic (exact) mass is 113 g/mol. The number of hydrogen-bond donors (Lipinski definition) is 0. The Bertz CT molecular complexity index is 143. The lowest BCUT2D eigenvalue weighted by Gasteiger charge is -2.07. The molecular weight excluding hydrogens is 106 g/mol. The topological polar surface area (TPSA) is 46.8 Å². The van der Waals surface area contributed by atoms with Crippen molar-refractivity contribution in [2.45, 2.75) is 0 Å². The van der Waals surface area contributed by atoms with Gasteiger partial charge in [0.05, 0.1) is 0 Å². The van der Waals surface area contributed by atoms with Gasteiger partial charge in [-0.15, -0.1) is 9.89 Å². The van der Waals surface area contributed by atoms with Gasteiger partial charge in [-0.1, -0.05) is 0 Å². The van der Waals surface area contributed by atoms with E-state index in [-0.39, 0.29) is 0 Å². The summed E-state index contributed by atoms with van der Waals surface area (Å²) in [6, 6.07) is 0. The molecule has 1 rings (SSSR count). The van der Waals surface area contributed by atoms with Gasteiger partial charge in [-0.25, -0.2) is 0 Å². The molecule has 0 aliphatic carbocycles. The van der Waals surface area contributed by atoms with Crippen molar-refractivity contribution in [3.63, 3.8) is 0 Å². The van der Waals surface area contributed by atoms with Crippen LogP contribution >= 0.6 is 0 Å². The van der Waals surface area contributed by atoms with E-state index in [0.29, 0.717) is 0 Å². The maximum atomic E-state index is 3.60. The summed E-state index contributed by atoms with van der Waals surface area (Å²) in [4.78, 5) is 1.53. The Balaban J connectivity index is 2.77. The molecule has 0 saturated heterocycles. The minimum Gasteiger partial charge on any atom is -0.300 e. The second kappa shape index (κ2) is 1.77. The Hall–Kier alpha value is -1.13. The lowest BCUT2D eigenvalue weighted by Crippen LogP contribution is -2.25. The van der Waals surface area contributed by atoms with Gasteiger partial charge in [0.2, 0.25) is 0 Å². The highest BCUT2D eigenvalue weighted by atomic mass is 15.7. The van der Waals surface area contributed by atoms with Crippen molar-refractivity contribution in [2.75, 3.05) is 19.1 Å². The van der Waals surface area contributed by atoms with Crippen molar-refractivity contribution in [2.24, 2.45) is 0 Å². The third kappa shape index (κ3) is 0.749. The standard InChI is InChI=1S/C3H7N5/c1-7(2)8-3-4-5-6-8/h3H,1-2H3. The molecule has 0 aromatic carbocycles. The second-order valence-electron chi connectivity index (χ2n) is 1.58. The van der Waals surface area contributed by atoms with Crippen LogP contribution in [0.15, 0.2) is 6.33 Å². The van der Waals surface area contributed by atoms with Crippen molar-refractivity contribution in [1.82, 2.24) is 20.3 Å². The fourth-order valence-corrected chi connectivity index (χ4v) is 0.340. The highest BCUT2D eigenvalue weighted by Crippen LogP contribution is 1.71. The van der Waals surface area contributed by atoms with Gasteiger partial charge < -0.3 is 5.01 Å². The highest BCUT2D eigenvalue weighted by Gasteiger charge is 1.88. The van der Waals surface area contributed by atoms with E-state index in [1.165, 1.54) is 11.1 Å². The van der Waals surface area contributed by atoms with Crippen molar-refractivity contribution < 1.29 is 0 Å². The van der Waals surface area contributed by atoms with Crippen LogP contribution in [0.3, 0.4) is 0 Å². The van der Waals surface area contributed by atoms with Crippen LogP contribution in [0, 0.1) is 0 Å². The lowest BCUT2D eigenvalue weighted by molar-refractivity contribution is 0.609. The summed E-state index contributed by atoms with van der Waals surface area (Å²) in [7, 11) is 3.72. The molecule has 44 valence electrons. The summed E-state index contributed by atoms with van der Waals surface area (Å²) in [6.45, 7) is 0. The van der Waals surface area contributed by atoms with Crippen LogP contribution in [-0.4, -0.2) is 34.4 Å². The van der Waals surface area contributed by atoms with E-state index in [9.17, 15) is 0 Å². The quantitative estimate of drug-likeness (QED) is 0.462. The van der Waals surface area contributed by atoms with Crippen LogP contribution in [-0.2, 0) is 0 Å². The van der Waals surface area contributed by atoms with Gasteiger partial charge in [0.25, 0.3) is 0 Å². The van der Waals surface area contributed by atoms with Gasteiger partial charge in [0.1, 0.15) is 0 Å². The number of hydrogen-bond acceptors (Lipinski definition) is 4. The molecule has 8 heavy (non-hydrogen) atoms. The number of nitrogens with zero attached hydrogens (tertiary/aromatic N) is 5. The molecule has 0 radical (unpaired) electrons. The van der Waals surface area contributed by atoms with E-state index in [0.717, 1.165) is 0 Å². The van der Waals surface area contributed by atoms with Crippen LogP contribution in [0.2, 0.25) is 0 Å². The minimum absolute atomic E-state index is 1.53. The van der Waals surface area contributed by atoms with Crippen LogP contribution in [0.4, 0.5) is 0 Å². The van der Waals surface area contributed by atoms with Gasteiger partial charge in [-0.3, -0.25) is 0 Å². The molecule has 0 aliphatic heterocycles. The highest BCUT2D eigenvalue weighted by molar-refractivity contribution is 4.63. The van der Waals surface area contributed by atoms with Crippen molar-refractivity contribution >= 4 is 0 Å². The predicted molar refractivity (Wildman–Crippen MR) is 27.9 cm³/mol. The first-order chi connectivity index (χ1) is 3.80. The Labute approximate surface area is 46.9 Å². The SMILES string of the molecule is CN(C)n1cnnn1. The van der Waals surface area contributed by atoms with E-state index in [1.807, 2.05) is 14.1 Å². The summed E-state index contributed by atoms with van der Waals surface area (Å²) in [5.41, 5.74) is 0. The van der Waals surface area contributed by atoms with E-state index in [1.54, 1.807) is 5.01 Å². The number of aromatic nitrogens is 4. The smallest absolute Gasteiger partial charge is 0.161 e. The zero-order valence-corrected chi connectivity index (χ0v) is 4.81. The third-order valence-electron chi connectivity index (χ3n) is 0.748. The first-order valence-electron chi connectivity index (χ1n) is 2.21. The molecule has 0 aliphatic rings. The van der Waals surface area contributed by atoms with Gasteiger partial charge in [0.15, 0.2) is 6.33 Å². The van der Waals surface area contributed by atoms with Crippen LogP contribution in [0.5, 0.6) is 0 Å². The molecule has 1 heterocycles. The van der Waals surface area contributed by atoms with Crippen molar-refractivity contribution in [1.29, 1.82) is 0 Å². The Morgan fingerprint density at radius 1 is 1.50 bits per heavy atom. The fraction of sp³-hybridized carbons (Fsp3) is 0.667. The molecule has 0 bridgehead atoms. The minimum atomic E-state index is 1.53. The molecule has 0 atom stereocenters. The zero-order valence-electron chi connectivity index (χ0n) is 4.81. The lowest BCUT2D eigenvalue weighted by atomic mass is 11.1. The molecule has 5 heteroatoms. The Kier molecular flexibility index (Phi) is 1.11. The maximum absolute atomic E-state index is 3.60. The number of rotatable bonds is 1. The molecule has 0 spiro atoms. The molecule has 5 nitrogen and oxygen atoms in total.